The first-order valence-corrected chi connectivity index (χ1v) is 10.7. The number of fused-ring (bicyclic) bond motifs is 2. The van der Waals surface area contributed by atoms with Crippen molar-refractivity contribution in [2.24, 2.45) is 0 Å². The largest absolute Gasteiger partial charge is 0.497 e. The van der Waals surface area contributed by atoms with E-state index in [9.17, 15) is 4.79 Å². The minimum Gasteiger partial charge on any atom is -0.497 e. The Morgan fingerprint density at radius 1 is 1.24 bits per heavy atom. The summed E-state index contributed by atoms with van der Waals surface area (Å²) in [5, 5.41) is 1.19. The second-order valence-corrected chi connectivity index (χ2v) is 8.40. The molecule has 0 bridgehead atoms. The lowest BCUT2D eigenvalue weighted by atomic mass is 9.88. The van der Waals surface area contributed by atoms with E-state index in [1.807, 2.05) is 6.07 Å². The van der Waals surface area contributed by atoms with Crippen LogP contribution in [0, 0.1) is 0 Å². The first-order valence-electron chi connectivity index (χ1n) is 10.7. The number of hydrogen-bond acceptors (Lipinski definition) is 4. The van der Waals surface area contributed by atoms with E-state index in [0.717, 1.165) is 67.2 Å². The van der Waals surface area contributed by atoms with Crippen molar-refractivity contribution < 1.29 is 4.74 Å². The van der Waals surface area contributed by atoms with Gasteiger partial charge < -0.3 is 14.7 Å². The summed E-state index contributed by atoms with van der Waals surface area (Å²) < 4.78 is 5.39. The van der Waals surface area contributed by atoms with E-state index in [4.69, 9.17) is 9.72 Å². The predicted molar refractivity (Wildman–Crippen MR) is 113 cm³/mol. The molecule has 5 rings (SSSR count). The summed E-state index contributed by atoms with van der Waals surface area (Å²) in [5.41, 5.74) is 4.29. The molecule has 1 aliphatic heterocycles. The molecular weight excluding hydrogens is 364 g/mol. The second kappa shape index (κ2) is 7.67. The lowest BCUT2D eigenvalue weighted by molar-refractivity contribution is 0.240. The van der Waals surface area contributed by atoms with Crippen LogP contribution in [-0.2, 0) is 19.5 Å². The topological polar surface area (TPSA) is 74.0 Å². The average Bonchev–Trinajstić information content (AvgIpc) is 3.16. The standard InChI is InChI=1S/C23H28N4O2/c1-29-17-7-8-20-19(11-17)16(12-24-20)13-27-10-9-18-21(14-27)25-22(26-23(18)28)15-5-3-2-4-6-15/h7-8,11-12,15,24H,2-6,9-10,13-14H2,1H3,(H,25,26,28). The maximum absolute atomic E-state index is 12.7. The molecule has 1 fully saturated rings. The fourth-order valence-electron chi connectivity index (χ4n) is 4.87. The van der Waals surface area contributed by atoms with Gasteiger partial charge in [-0.15, -0.1) is 0 Å². The summed E-state index contributed by atoms with van der Waals surface area (Å²) in [7, 11) is 1.70. The maximum Gasteiger partial charge on any atom is 0.254 e. The Morgan fingerprint density at radius 2 is 2.10 bits per heavy atom. The minimum absolute atomic E-state index is 0.0760. The van der Waals surface area contributed by atoms with Gasteiger partial charge in [0.25, 0.3) is 5.56 Å². The van der Waals surface area contributed by atoms with E-state index in [1.54, 1.807) is 7.11 Å². The van der Waals surface area contributed by atoms with Gasteiger partial charge in [0.15, 0.2) is 0 Å². The number of H-pyrrole nitrogens is 2. The molecule has 0 saturated heterocycles. The van der Waals surface area contributed by atoms with Gasteiger partial charge in [-0.25, -0.2) is 4.98 Å². The van der Waals surface area contributed by atoms with Crippen molar-refractivity contribution in [1.29, 1.82) is 0 Å². The van der Waals surface area contributed by atoms with Crippen molar-refractivity contribution in [2.45, 2.75) is 57.5 Å². The van der Waals surface area contributed by atoms with E-state index in [2.05, 4.69) is 33.2 Å². The Labute approximate surface area is 170 Å². The Hall–Kier alpha value is -2.60. The van der Waals surface area contributed by atoms with Crippen molar-refractivity contribution in [3.63, 3.8) is 0 Å². The number of methoxy groups -OCH3 is 1. The van der Waals surface area contributed by atoms with Gasteiger partial charge in [0, 0.05) is 48.2 Å². The molecule has 2 N–H and O–H groups in total. The van der Waals surface area contributed by atoms with E-state index >= 15 is 0 Å². The molecule has 6 nitrogen and oxygen atoms in total. The van der Waals surface area contributed by atoms with Gasteiger partial charge in [-0.05, 0) is 43.0 Å². The fourth-order valence-corrected chi connectivity index (χ4v) is 4.87. The molecule has 29 heavy (non-hydrogen) atoms. The molecule has 0 spiro atoms. The number of benzene rings is 1. The van der Waals surface area contributed by atoms with Crippen molar-refractivity contribution in [3.05, 3.63) is 57.4 Å². The lowest BCUT2D eigenvalue weighted by Gasteiger charge is -2.28. The fraction of sp³-hybridized carbons (Fsp3) is 0.478. The van der Waals surface area contributed by atoms with Crippen molar-refractivity contribution in [2.75, 3.05) is 13.7 Å². The third-order valence-corrected chi connectivity index (χ3v) is 6.53. The molecule has 3 aromatic rings. The molecule has 3 heterocycles. The molecule has 6 heteroatoms. The first-order chi connectivity index (χ1) is 14.2. The van der Waals surface area contributed by atoms with E-state index in [1.165, 1.54) is 30.2 Å². The zero-order valence-corrected chi connectivity index (χ0v) is 17.0. The molecule has 152 valence electrons. The minimum atomic E-state index is 0.0760. The zero-order valence-electron chi connectivity index (χ0n) is 17.0. The van der Waals surface area contributed by atoms with Gasteiger partial charge in [-0.2, -0.15) is 0 Å². The molecule has 0 atom stereocenters. The van der Waals surface area contributed by atoms with Crippen LogP contribution in [0.15, 0.2) is 29.2 Å². The van der Waals surface area contributed by atoms with Crippen molar-refractivity contribution in [1.82, 2.24) is 19.9 Å². The molecule has 2 aliphatic rings. The number of rotatable bonds is 4. The monoisotopic (exact) mass is 392 g/mol. The van der Waals surface area contributed by atoms with Crippen LogP contribution in [0.4, 0.5) is 0 Å². The highest BCUT2D eigenvalue weighted by Crippen LogP contribution is 2.31. The van der Waals surface area contributed by atoms with Gasteiger partial charge in [0.05, 0.1) is 12.8 Å². The van der Waals surface area contributed by atoms with Crippen LogP contribution < -0.4 is 10.3 Å². The van der Waals surface area contributed by atoms with E-state index < -0.39 is 0 Å². The summed E-state index contributed by atoms with van der Waals surface area (Å²) in [6, 6.07) is 6.12. The lowest BCUT2D eigenvalue weighted by Crippen LogP contribution is -2.35. The molecule has 1 saturated carbocycles. The van der Waals surface area contributed by atoms with Gasteiger partial charge in [0.1, 0.15) is 11.6 Å². The Bertz CT molecular complexity index is 1080. The Morgan fingerprint density at radius 3 is 2.93 bits per heavy atom. The van der Waals surface area contributed by atoms with Crippen LogP contribution >= 0.6 is 0 Å². The second-order valence-electron chi connectivity index (χ2n) is 8.40. The highest BCUT2D eigenvalue weighted by Gasteiger charge is 2.25. The summed E-state index contributed by atoms with van der Waals surface area (Å²) in [6.07, 6.45) is 8.90. The average molecular weight is 393 g/mol. The number of nitrogens with zero attached hydrogens (tertiary/aromatic N) is 2. The normalized spacial score (nSPS) is 18.1. The van der Waals surface area contributed by atoms with Crippen LogP contribution in [0.3, 0.4) is 0 Å². The molecular formula is C23H28N4O2. The SMILES string of the molecule is COc1ccc2[nH]cc(CN3CCc4c(nc(C5CCCCC5)[nH]c4=O)C3)c2c1. The molecule has 0 amide bonds. The number of hydrogen-bond donors (Lipinski definition) is 2. The van der Waals surface area contributed by atoms with Gasteiger partial charge in [-0.1, -0.05) is 19.3 Å². The summed E-state index contributed by atoms with van der Waals surface area (Å²) in [4.78, 5) is 26.5. The molecule has 1 aliphatic carbocycles. The smallest absolute Gasteiger partial charge is 0.254 e. The highest BCUT2D eigenvalue weighted by atomic mass is 16.5. The van der Waals surface area contributed by atoms with Crippen molar-refractivity contribution in [3.8, 4) is 5.75 Å². The van der Waals surface area contributed by atoms with Crippen LogP contribution in [0.1, 0.15) is 60.7 Å². The van der Waals surface area contributed by atoms with Crippen LogP contribution in [0.5, 0.6) is 5.75 Å². The quantitative estimate of drug-likeness (QED) is 0.707. The molecule has 2 aromatic heterocycles. The maximum atomic E-state index is 12.7. The third kappa shape index (κ3) is 3.57. The summed E-state index contributed by atoms with van der Waals surface area (Å²) >= 11 is 0. The van der Waals surface area contributed by atoms with Crippen LogP contribution in [0.2, 0.25) is 0 Å². The predicted octanol–water partition coefficient (Wildman–Crippen LogP) is 3.87. The number of nitrogens with one attached hydrogen (secondary N) is 2. The number of aromatic nitrogens is 3. The zero-order chi connectivity index (χ0) is 19.8. The number of ether oxygens (including phenoxy) is 1. The molecule has 1 aromatic carbocycles. The summed E-state index contributed by atoms with van der Waals surface area (Å²) in [5.74, 6) is 2.19. The van der Waals surface area contributed by atoms with E-state index in [0.29, 0.717) is 5.92 Å². The molecule has 0 unspecified atom stereocenters. The highest BCUT2D eigenvalue weighted by molar-refractivity contribution is 5.84. The van der Waals surface area contributed by atoms with Crippen LogP contribution in [-0.4, -0.2) is 33.5 Å². The molecule has 0 radical (unpaired) electrons. The Balaban J connectivity index is 1.39. The van der Waals surface area contributed by atoms with Crippen LogP contribution in [0.25, 0.3) is 10.9 Å². The van der Waals surface area contributed by atoms with Gasteiger partial charge in [0.2, 0.25) is 0 Å². The van der Waals surface area contributed by atoms with Gasteiger partial charge in [-0.3, -0.25) is 9.69 Å². The Kier molecular flexibility index (Phi) is 4.87. The third-order valence-electron chi connectivity index (χ3n) is 6.53. The van der Waals surface area contributed by atoms with E-state index in [-0.39, 0.29) is 5.56 Å². The summed E-state index contributed by atoms with van der Waals surface area (Å²) in [6.45, 7) is 2.44. The number of aromatic amines is 2. The first kappa shape index (κ1) is 18.4. The van der Waals surface area contributed by atoms with Crippen molar-refractivity contribution >= 4 is 10.9 Å². The van der Waals surface area contributed by atoms with Gasteiger partial charge >= 0.3 is 0 Å².